The number of alkyl halides is 3. The molecule has 5 nitrogen and oxygen atoms in total. The third-order valence-corrected chi connectivity index (χ3v) is 4.97. The summed E-state index contributed by atoms with van der Waals surface area (Å²) < 4.78 is 42.3. The summed E-state index contributed by atoms with van der Waals surface area (Å²) in [6.07, 6.45) is 3.63. The lowest BCUT2D eigenvalue weighted by atomic mass is 9.87. The predicted octanol–water partition coefficient (Wildman–Crippen LogP) is 6.15. The van der Waals surface area contributed by atoms with Crippen LogP contribution in [0.25, 0.3) is 0 Å². The molecule has 30 heavy (non-hydrogen) atoms. The third-order valence-electron chi connectivity index (χ3n) is 4.97. The van der Waals surface area contributed by atoms with Gasteiger partial charge in [0.05, 0.1) is 18.1 Å². The van der Waals surface area contributed by atoms with Gasteiger partial charge in [0.25, 0.3) is 0 Å². The minimum absolute atomic E-state index is 0.169. The van der Waals surface area contributed by atoms with Crippen LogP contribution in [-0.4, -0.2) is 25.7 Å². The summed E-state index contributed by atoms with van der Waals surface area (Å²) in [5.74, 6) is -0.169. The van der Waals surface area contributed by atoms with E-state index in [0.29, 0.717) is 12.2 Å². The fourth-order valence-corrected chi connectivity index (χ4v) is 3.07. The number of unbranched alkanes of at least 4 members (excludes halogenated alkanes) is 6. The van der Waals surface area contributed by atoms with Crippen molar-refractivity contribution < 1.29 is 27.5 Å². The molecule has 0 heterocycles. The minimum atomic E-state index is -4.39. The van der Waals surface area contributed by atoms with Gasteiger partial charge in [0.1, 0.15) is 0 Å². The Morgan fingerprint density at radius 2 is 1.43 bits per heavy atom. The maximum Gasteiger partial charge on any atom is 0.416 e. The summed E-state index contributed by atoms with van der Waals surface area (Å²) in [6.45, 7) is 4.32. The van der Waals surface area contributed by atoms with Crippen LogP contribution in [0.4, 0.5) is 23.7 Å². The zero-order chi connectivity index (χ0) is 22.6. The molecule has 0 aliphatic carbocycles. The van der Waals surface area contributed by atoms with Crippen molar-refractivity contribution in [2.75, 3.05) is 19.0 Å². The highest BCUT2D eigenvalue weighted by molar-refractivity contribution is 5.89. The number of hydrogen-bond donors (Lipinski definition) is 2. The van der Waals surface area contributed by atoms with Crippen molar-refractivity contribution in [1.29, 1.82) is 0 Å². The van der Waals surface area contributed by atoms with Gasteiger partial charge in [0.2, 0.25) is 0 Å². The number of carbonyl (C=O) groups excluding carboxylic acids is 2. The van der Waals surface area contributed by atoms with Crippen LogP contribution < -0.4 is 10.6 Å². The number of anilines is 1. The van der Waals surface area contributed by atoms with E-state index in [1.165, 1.54) is 19.2 Å². The smallest absolute Gasteiger partial charge is 0.416 e. The number of urea groups is 1. The largest absolute Gasteiger partial charge is 0.469 e. The molecule has 0 aromatic heterocycles. The molecule has 1 rings (SSSR count). The molecule has 0 fully saturated rings. The third kappa shape index (κ3) is 9.98. The molecule has 1 aromatic rings. The quantitative estimate of drug-likeness (QED) is 0.309. The highest BCUT2D eigenvalue weighted by atomic mass is 19.4. The highest BCUT2D eigenvalue weighted by Crippen LogP contribution is 2.29. The van der Waals surface area contributed by atoms with Gasteiger partial charge >= 0.3 is 18.2 Å². The lowest BCUT2D eigenvalue weighted by Gasteiger charge is -2.20. The summed E-state index contributed by atoms with van der Waals surface area (Å²) in [7, 11) is 1.41. The Hall–Kier alpha value is -2.25. The predicted molar refractivity (Wildman–Crippen MR) is 111 cm³/mol. The number of hydrogen-bond acceptors (Lipinski definition) is 3. The summed E-state index contributed by atoms with van der Waals surface area (Å²) in [4.78, 5) is 23.4. The molecule has 0 aliphatic heterocycles. The Morgan fingerprint density at radius 3 is 1.97 bits per heavy atom. The molecule has 0 aliphatic rings. The van der Waals surface area contributed by atoms with E-state index >= 15 is 0 Å². The number of benzene rings is 1. The lowest BCUT2D eigenvalue weighted by molar-refractivity contribution is -0.151. The number of amides is 2. The average molecular weight is 431 g/mol. The number of esters is 1. The van der Waals surface area contributed by atoms with E-state index in [9.17, 15) is 22.8 Å². The first-order chi connectivity index (χ1) is 14.1. The SMILES string of the molecule is COC(=O)C(C)(C)CCCCCCCCCNC(=O)Nc1ccc(C(F)(F)F)cc1. The summed E-state index contributed by atoms with van der Waals surface area (Å²) in [6, 6.07) is 3.91. The Bertz CT molecular complexity index is 659. The van der Waals surface area contributed by atoms with Gasteiger partial charge in [-0.25, -0.2) is 4.79 Å². The fraction of sp³-hybridized carbons (Fsp3) is 0.636. The Balaban J connectivity index is 2.05. The molecule has 0 atom stereocenters. The normalized spacial score (nSPS) is 11.8. The van der Waals surface area contributed by atoms with Crippen molar-refractivity contribution in [2.45, 2.75) is 71.4 Å². The molecule has 0 bridgehead atoms. The number of carbonyl (C=O) groups is 2. The van der Waals surface area contributed by atoms with Gasteiger partial charge in [0, 0.05) is 12.2 Å². The van der Waals surface area contributed by atoms with Crippen molar-refractivity contribution in [3.8, 4) is 0 Å². The molecule has 2 amide bonds. The van der Waals surface area contributed by atoms with Crippen LogP contribution in [-0.2, 0) is 15.7 Å². The highest BCUT2D eigenvalue weighted by Gasteiger charge is 2.30. The molecule has 0 saturated carbocycles. The number of ether oxygens (including phenoxy) is 1. The summed E-state index contributed by atoms with van der Waals surface area (Å²) >= 11 is 0. The van der Waals surface area contributed by atoms with Crippen LogP contribution in [0.1, 0.15) is 70.8 Å². The Labute approximate surface area is 176 Å². The number of halogens is 3. The molecule has 0 spiro atoms. The van der Waals surface area contributed by atoms with Gasteiger partial charge in [-0.1, -0.05) is 38.5 Å². The van der Waals surface area contributed by atoms with Crippen molar-refractivity contribution in [3.63, 3.8) is 0 Å². The molecule has 0 unspecified atom stereocenters. The molecular formula is C22H33F3N2O3. The fourth-order valence-electron chi connectivity index (χ4n) is 3.07. The maximum absolute atomic E-state index is 12.5. The monoisotopic (exact) mass is 430 g/mol. The van der Waals surface area contributed by atoms with E-state index in [2.05, 4.69) is 10.6 Å². The maximum atomic E-state index is 12.5. The zero-order valence-corrected chi connectivity index (χ0v) is 18.0. The van der Waals surface area contributed by atoms with Crippen LogP contribution in [0, 0.1) is 5.41 Å². The van der Waals surface area contributed by atoms with E-state index < -0.39 is 23.2 Å². The average Bonchev–Trinajstić information content (AvgIpc) is 2.68. The van der Waals surface area contributed by atoms with Gasteiger partial charge in [-0.05, 0) is 51.0 Å². The first-order valence-corrected chi connectivity index (χ1v) is 10.4. The van der Waals surface area contributed by atoms with Crippen LogP contribution >= 0.6 is 0 Å². The van der Waals surface area contributed by atoms with Crippen LogP contribution in [0.2, 0.25) is 0 Å². The molecule has 2 N–H and O–H groups in total. The summed E-state index contributed by atoms with van der Waals surface area (Å²) in [5, 5.41) is 5.22. The molecule has 1 aromatic carbocycles. The van der Waals surface area contributed by atoms with Crippen molar-refractivity contribution in [1.82, 2.24) is 5.32 Å². The number of methoxy groups -OCH3 is 1. The molecule has 0 radical (unpaired) electrons. The van der Waals surface area contributed by atoms with E-state index in [4.69, 9.17) is 4.74 Å². The van der Waals surface area contributed by atoms with Gasteiger partial charge in [-0.2, -0.15) is 13.2 Å². The van der Waals surface area contributed by atoms with E-state index in [-0.39, 0.29) is 5.97 Å². The van der Waals surface area contributed by atoms with Crippen LogP contribution in [0.15, 0.2) is 24.3 Å². The van der Waals surface area contributed by atoms with Crippen molar-refractivity contribution in [2.24, 2.45) is 5.41 Å². The zero-order valence-electron chi connectivity index (χ0n) is 18.0. The van der Waals surface area contributed by atoms with Crippen molar-refractivity contribution in [3.05, 3.63) is 29.8 Å². The van der Waals surface area contributed by atoms with E-state index in [1.807, 2.05) is 13.8 Å². The molecule has 8 heteroatoms. The summed E-state index contributed by atoms with van der Waals surface area (Å²) in [5.41, 5.74) is -0.863. The van der Waals surface area contributed by atoms with E-state index in [1.54, 1.807) is 0 Å². The second-order valence-corrected chi connectivity index (χ2v) is 8.06. The van der Waals surface area contributed by atoms with Crippen LogP contribution in [0.5, 0.6) is 0 Å². The first-order valence-electron chi connectivity index (χ1n) is 10.4. The molecular weight excluding hydrogens is 397 g/mol. The Morgan fingerprint density at radius 1 is 0.900 bits per heavy atom. The van der Waals surface area contributed by atoms with Gasteiger partial charge in [-0.3, -0.25) is 4.79 Å². The number of rotatable bonds is 12. The number of nitrogens with one attached hydrogen (secondary N) is 2. The van der Waals surface area contributed by atoms with Crippen molar-refractivity contribution >= 4 is 17.7 Å². The molecule has 0 saturated heterocycles. The second-order valence-electron chi connectivity index (χ2n) is 8.06. The van der Waals surface area contributed by atoms with Gasteiger partial charge in [0.15, 0.2) is 0 Å². The topological polar surface area (TPSA) is 67.4 Å². The lowest BCUT2D eigenvalue weighted by Crippen LogP contribution is -2.29. The van der Waals surface area contributed by atoms with Gasteiger partial charge < -0.3 is 15.4 Å². The van der Waals surface area contributed by atoms with E-state index in [0.717, 1.165) is 63.5 Å². The standard InChI is InChI=1S/C22H33F3N2O3/c1-21(2,19(28)30-3)15-9-7-5-4-6-8-10-16-26-20(29)27-18-13-11-17(12-14-18)22(23,24)25/h11-14H,4-10,15-16H2,1-3H3,(H2,26,27,29). The Kier molecular flexibility index (Phi) is 10.7. The first kappa shape index (κ1) is 25.8. The minimum Gasteiger partial charge on any atom is -0.469 e. The molecule has 170 valence electrons. The second kappa shape index (κ2) is 12.4. The van der Waals surface area contributed by atoms with Crippen LogP contribution in [0.3, 0.4) is 0 Å². The van der Waals surface area contributed by atoms with Gasteiger partial charge in [-0.15, -0.1) is 0 Å².